The van der Waals surface area contributed by atoms with E-state index in [1.54, 1.807) is 0 Å². The summed E-state index contributed by atoms with van der Waals surface area (Å²) in [6.45, 7) is 8.36. The highest BCUT2D eigenvalue weighted by Crippen LogP contribution is 2.45. The van der Waals surface area contributed by atoms with Gasteiger partial charge in [-0.25, -0.2) is 0 Å². The summed E-state index contributed by atoms with van der Waals surface area (Å²) in [6, 6.07) is 48.8. The number of fused-ring (bicyclic) bond motifs is 1. The molecule has 4 heteroatoms. The van der Waals surface area contributed by atoms with E-state index in [0.717, 1.165) is 60.7 Å². The maximum Gasteiger partial charge on any atom is 0.495 e. The van der Waals surface area contributed by atoms with E-state index in [1.165, 1.54) is 0 Å². The zero-order chi connectivity index (χ0) is 31.2. The van der Waals surface area contributed by atoms with Gasteiger partial charge in [0.2, 0.25) is 0 Å². The maximum absolute atomic E-state index is 9.79. The Balaban J connectivity index is 1.54. The molecule has 0 atom stereocenters. The fourth-order valence-corrected chi connectivity index (χ4v) is 6.30. The minimum atomic E-state index is -0.470. The normalized spacial score (nSPS) is 15.2. The van der Waals surface area contributed by atoms with E-state index in [1.807, 2.05) is 30.3 Å². The molecule has 0 unspecified atom stereocenters. The second-order valence-electron chi connectivity index (χ2n) is 12.7. The van der Waals surface area contributed by atoms with Crippen LogP contribution in [0.4, 0.5) is 0 Å². The molecule has 6 aromatic carbocycles. The van der Waals surface area contributed by atoms with Gasteiger partial charge in [0.15, 0.2) is 0 Å². The molecule has 0 saturated carbocycles. The predicted molar refractivity (Wildman–Crippen MR) is 186 cm³/mol. The summed E-state index contributed by atoms with van der Waals surface area (Å²) in [6.07, 6.45) is 0. The first-order valence-electron chi connectivity index (χ1n) is 15.4. The zero-order valence-corrected chi connectivity index (χ0v) is 26.0. The molecule has 1 aliphatic heterocycles. The van der Waals surface area contributed by atoms with Crippen LogP contribution in [-0.2, 0) is 9.31 Å². The first-order valence-corrected chi connectivity index (χ1v) is 15.4. The molecule has 1 fully saturated rings. The smallest absolute Gasteiger partial charge is 0.399 e. The van der Waals surface area contributed by atoms with Crippen LogP contribution in [0.3, 0.4) is 0 Å². The largest absolute Gasteiger partial charge is 0.495 e. The van der Waals surface area contributed by atoms with Crippen molar-refractivity contribution in [3.63, 3.8) is 0 Å². The SMILES string of the molecule is CC1(C)OB(c2cccc3c(-c4cc(-c5ccccc5)cc(-c5cccc(C#N)c5)c4-c4ccccc4)cccc23)OC1(C)C. The van der Waals surface area contributed by atoms with E-state index in [2.05, 4.69) is 137 Å². The number of rotatable bonds is 5. The monoisotopic (exact) mass is 583 g/mol. The first-order chi connectivity index (χ1) is 21.8. The second-order valence-corrected chi connectivity index (χ2v) is 12.7. The van der Waals surface area contributed by atoms with E-state index in [4.69, 9.17) is 9.31 Å². The van der Waals surface area contributed by atoms with E-state index in [0.29, 0.717) is 5.56 Å². The highest BCUT2D eigenvalue weighted by molar-refractivity contribution is 6.65. The fourth-order valence-electron chi connectivity index (χ4n) is 6.30. The molecule has 218 valence electrons. The number of nitrogens with zero attached hydrogens (tertiary/aromatic N) is 1. The lowest BCUT2D eigenvalue weighted by atomic mass is 9.75. The molecular weight excluding hydrogens is 549 g/mol. The molecule has 1 aliphatic rings. The van der Waals surface area contributed by atoms with Crippen LogP contribution in [0.1, 0.15) is 33.3 Å². The maximum atomic E-state index is 9.79. The lowest BCUT2D eigenvalue weighted by Crippen LogP contribution is -2.41. The molecule has 0 aromatic heterocycles. The van der Waals surface area contributed by atoms with Gasteiger partial charge in [0.1, 0.15) is 0 Å². The van der Waals surface area contributed by atoms with Crippen LogP contribution < -0.4 is 5.46 Å². The summed E-state index contributed by atoms with van der Waals surface area (Å²) in [5.74, 6) is 0. The van der Waals surface area contributed by atoms with E-state index < -0.39 is 18.3 Å². The Bertz CT molecular complexity index is 2060. The van der Waals surface area contributed by atoms with Crippen molar-refractivity contribution in [2.45, 2.75) is 38.9 Å². The van der Waals surface area contributed by atoms with Crippen molar-refractivity contribution in [3.8, 4) is 50.6 Å². The van der Waals surface area contributed by atoms with Crippen LogP contribution in [0.15, 0.2) is 133 Å². The third-order valence-corrected chi connectivity index (χ3v) is 9.36. The number of hydrogen-bond acceptors (Lipinski definition) is 3. The zero-order valence-electron chi connectivity index (χ0n) is 26.0. The Morgan fingerprint density at radius 1 is 0.511 bits per heavy atom. The Kier molecular flexibility index (Phi) is 7.17. The molecule has 6 aromatic rings. The van der Waals surface area contributed by atoms with Crippen LogP contribution >= 0.6 is 0 Å². The van der Waals surface area contributed by atoms with E-state index in [9.17, 15) is 5.26 Å². The molecule has 0 spiro atoms. The third-order valence-electron chi connectivity index (χ3n) is 9.36. The Morgan fingerprint density at radius 3 is 1.78 bits per heavy atom. The average molecular weight is 584 g/mol. The summed E-state index contributed by atoms with van der Waals surface area (Å²) >= 11 is 0. The van der Waals surface area contributed by atoms with Gasteiger partial charge in [-0.05, 0) is 113 Å². The quantitative estimate of drug-likeness (QED) is 0.190. The average Bonchev–Trinajstić information content (AvgIpc) is 3.30. The molecule has 0 bridgehead atoms. The highest BCUT2D eigenvalue weighted by Gasteiger charge is 2.52. The van der Waals surface area contributed by atoms with E-state index >= 15 is 0 Å². The molecule has 3 nitrogen and oxygen atoms in total. The third kappa shape index (κ3) is 5.15. The summed E-state index contributed by atoms with van der Waals surface area (Å²) in [4.78, 5) is 0. The first kappa shape index (κ1) is 28.8. The minimum absolute atomic E-state index is 0.436. The molecule has 0 aliphatic carbocycles. The molecule has 0 amide bonds. The van der Waals surface area contributed by atoms with Gasteiger partial charge in [-0.2, -0.15) is 5.26 Å². The highest BCUT2D eigenvalue weighted by atomic mass is 16.7. The molecule has 7 rings (SSSR count). The minimum Gasteiger partial charge on any atom is -0.399 e. The Hall–Kier alpha value is -4.95. The van der Waals surface area contributed by atoms with Crippen molar-refractivity contribution >= 4 is 23.4 Å². The van der Waals surface area contributed by atoms with Crippen LogP contribution in [-0.4, -0.2) is 18.3 Å². The van der Waals surface area contributed by atoms with Crippen molar-refractivity contribution in [1.29, 1.82) is 5.26 Å². The fraction of sp³-hybridized carbons (Fsp3) is 0.146. The summed E-state index contributed by atoms with van der Waals surface area (Å²) in [5.41, 5.74) is 9.60. The number of hydrogen-bond donors (Lipinski definition) is 0. The summed E-state index contributed by atoms with van der Waals surface area (Å²) in [5, 5.41) is 12.0. The Morgan fingerprint density at radius 2 is 1.09 bits per heavy atom. The van der Waals surface area contributed by atoms with Crippen molar-refractivity contribution in [3.05, 3.63) is 139 Å². The van der Waals surface area contributed by atoms with Gasteiger partial charge in [0.05, 0.1) is 22.8 Å². The number of nitriles is 1. The molecule has 0 N–H and O–H groups in total. The van der Waals surface area contributed by atoms with Crippen molar-refractivity contribution in [2.24, 2.45) is 0 Å². The van der Waals surface area contributed by atoms with Gasteiger partial charge in [0, 0.05) is 0 Å². The van der Waals surface area contributed by atoms with Crippen LogP contribution in [0.25, 0.3) is 55.3 Å². The number of benzene rings is 6. The summed E-state index contributed by atoms with van der Waals surface area (Å²) < 4.78 is 13.0. The molecule has 0 radical (unpaired) electrons. The van der Waals surface area contributed by atoms with Gasteiger partial charge < -0.3 is 9.31 Å². The van der Waals surface area contributed by atoms with Gasteiger partial charge in [-0.15, -0.1) is 0 Å². The van der Waals surface area contributed by atoms with Gasteiger partial charge >= 0.3 is 7.12 Å². The molecular formula is C41H34BNO2. The predicted octanol–water partition coefficient (Wildman–Crippen LogP) is 9.68. The lowest BCUT2D eigenvalue weighted by Gasteiger charge is -2.32. The van der Waals surface area contributed by atoms with Gasteiger partial charge in [-0.1, -0.05) is 109 Å². The van der Waals surface area contributed by atoms with Crippen molar-refractivity contribution < 1.29 is 9.31 Å². The van der Waals surface area contributed by atoms with Crippen LogP contribution in [0.5, 0.6) is 0 Å². The molecule has 45 heavy (non-hydrogen) atoms. The second kappa shape index (κ2) is 11.2. The van der Waals surface area contributed by atoms with Gasteiger partial charge in [-0.3, -0.25) is 0 Å². The summed E-state index contributed by atoms with van der Waals surface area (Å²) in [7, 11) is -0.470. The van der Waals surface area contributed by atoms with Crippen LogP contribution in [0, 0.1) is 11.3 Å². The standard InChI is InChI=1S/C41H34BNO2/c1-40(2)41(3,4)45-42(44-40)38-23-13-21-33-34(20-12-22-35(33)38)37-26-32(29-15-7-5-8-16-29)25-36(31-19-11-14-28(24-31)27-43)39(37)30-17-9-6-10-18-30/h5-26H,1-4H3. The Labute approximate surface area is 265 Å². The van der Waals surface area contributed by atoms with Crippen molar-refractivity contribution in [2.75, 3.05) is 0 Å². The molecule has 1 heterocycles. The topological polar surface area (TPSA) is 42.2 Å². The van der Waals surface area contributed by atoms with Crippen LogP contribution in [0.2, 0.25) is 0 Å². The van der Waals surface area contributed by atoms with Gasteiger partial charge in [0.25, 0.3) is 0 Å². The lowest BCUT2D eigenvalue weighted by molar-refractivity contribution is 0.00578. The van der Waals surface area contributed by atoms with Crippen molar-refractivity contribution in [1.82, 2.24) is 0 Å². The van der Waals surface area contributed by atoms with E-state index in [-0.39, 0.29) is 0 Å². The molecule has 1 saturated heterocycles.